The van der Waals surface area contributed by atoms with Gasteiger partial charge in [-0.2, -0.15) is 0 Å². The van der Waals surface area contributed by atoms with Crippen LogP contribution in [0.1, 0.15) is 16.7 Å². The van der Waals surface area contributed by atoms with Gasteiger partial charge in [-0.1, -0.05) is 115 Å². The number of fused-ring (bicyclic) bond motifs is 7. The molecule has 2 heterocycles. The van der Waals surface area contributed by atoms with Crippen LogP contribution in [0.25, 0.3) is 65.8 Å². The molecule has 0 unspecified atom stereocenters. The lowest BCUT2D eigenvalue weighted by atomic mass is 9.96. The fourth-order valence-corrected chi connectivity index (χ4v) is 6.69. The van der Waals surface area contributed by atoms with Crippen molar-refractivity contribution in [1.82, 2.24) is 0 Å². The van der Waals surface area contributed by atoms with Gasteiger partial charge in [0.05, 0.1) is 6.54 Å². The first-order valence-corrected chi connectivity index (χ1v) is 16.0. The summed E-state index contributed by atoms with van der Waals surface area (Å²) in [7, 11) is 0. The van der Waals surface area contributed by atoms with Gasteiger partial charge in [0, 0.05) is 32.7 Å². The van der Waals surface area contributed by atoms with Crippen molar-refractivity contribution in [2.45, 2.75) is 6.54 Å². The van der Waals surface area contributed by atoms with Gasteiger partial charge in [0.2, 0.25) is 0 Å². The number of nitrogens with zero attached hydrogens (tertiary/aromatic N) is 2. The van der Waals surface area contributed by atoms with E-state index in [4.69, 9.17) is 24.6 Å². The van der Waals surface area contributed by atoms with Crippen LogP contribution < -0.4 is 5.73 Å². The molecule has 48 heavy (non-hydrogen) atoms. The number of hydrogen-bond donors (Lipinski definition) is 1. The Labute approximate surface area is 276 Å². The van der Waals surface area contributed by atoms with Crippen LogP contribution in [0.15, 0.2) is 170 Å². The molecule has 9 rings (SSSR count). The summed E-state index contributed by atoms with van der Waals surface area (Å²) in [6, 6.07) is 51.3. The minimum atomic E-state index is 0.403. The molecule has 9 aromatic rings. The van der Waals surface area contributed by atoms with Crippen LogP contribution in [-0.2, 0) is 6.54 Å². The van der Waals surface area contributed by atoms with Gasteiger partial charge in [0.1, 0.15) is 28.2 Å². The predicted octanol–water partition coefficient (Wildman–Crippen LogP) is 10.7. The molecule has 0 bridgehead atoms. The third kappa shape index (κ3) is 4.81. The van der Waals surface area contributed by atoms with E-state index in [0.717, 1.165) is 82.5 Å². The number of para-hydroxylation sites is 2. The Morgan fingerprint density at radius 3 is 1.96 bits per heavy atom. The quantitative estimate of drug-likeness (QED) is 0.154. The van der Waals surface area contributed by atoms with E-state index >= 15 is 0 Å². The summed E-state index contributed by atoms with van der Waals surface area (Å²) in [6.45, 7) is 0.428. The maximum Gasteiger partial charge on any atom is 0.157 e. The van der Waals surface area contributed by atoms with Gasteiger partial charge >= 0.3 is 0 Å². The third-order valence-corrected chi connectivity index (χ3v) is 9.00. The lowest BCUT2D eigenvalue weighted by Gasteiger charge is -2.09. The molecule has 0 atom stereocenters. The van der Waals surface area contributed by atoms with Gasteiger partial charge in [-0.25, -0.2) is 4.99 Å². The van der Waals surface area contributed by atoms with Crippen LogP contribution in [0.2, 0.25) is 0 Å². The highest BCUT2D eigenvalue weighted by molar-refractivity contribution is 6.14. The zero-order valence-electron chi connectivity index (χ0n) is 25.9. The fraction of sp³-hybridized carbons (Fsp3) is 0.0233. The summed E-state index contributed by atoms with van der Waals surface area (Å²) < 4.78 is 12.3. The second-order valence-electron chi connectivity index (χ2n) is 11.9. The molecule has 0 saturated heterocycles. The number of hydrogen-bond acceptors (Lipinski definition) is 3. The van der Waals surface area contributed by atoms with Crippen LogP contribution in [0.3, 0.4) is 0 Å². The molecule has 2 N–H and O–H groups in total. The second kappa shape index (κ2) is 11.4. The average Bonchev–Trinajstić information content (AvgIpc) is 3.72. The Balaban J connectivity index is 1.11. The molecule has 0 saturated carbocycles. The molecule has 7 aromatic carbocycles. The van der Waals surface area contributed by atoms with E-state index in [9.17, 15) is 0 Å². The molecule has 0 aliphatic rings. The monoisotopic (exact) mass is 619 g/mol. The minimum absolute atomic E-state index is 0.403. The van der Waals surface area contributed by atoms with Crippen LogP contribution >= 0.6 is 0 Å². The van der Waals surface area contributed by atoms with Crippen LogP contribution in [0, 0.1) is 0 Å². The average molecular weight is 620 g/mol. The number of nitrogens with two attached hydrogens (primary N) is 1. The Bertz CT molecular complexity index is 2720. The highest BCUT2D eigenvalue weighted by Gasteiger charge is 2.14. The van der Waals surface area contributed by atoms with E-state index in [2.05, 4.69) is 60.7 Å². The molecule has 2 aromatic heterocycles. The minimum Gasteiger partial charge on any atom is -0.456 e. The van der Waals surface area contributed by atoms with Gasteiger partial charge in [-0.05, 0) is 63.9 Å². The molecule has 0 aliphatic carbocycles. The predicted molar refractivity (Wildman–Crippen MR) is 198 cm³/mol. The maximum absolute atomic E-state index is 6.76. The molecule has 0 spiro atoms. The van der Waals surface area contributed by atoms with Crippen LogP contribution in [-0.4, -0.2) is 11.7 Å². The maximum atomic E-state index is 6.76. The van der Waals surface area contributed by atoms with Crippen LogP contribution in [0.4, 0.5) is 0 Å². The van der Waals surface area contributed by atoms with Gasteiger partial charge in [0.15, 0.2) is 5.84 Å². The lowest BCUT2D eigenvalue weighted by molar-refractivity contribution is 0.668. The molecule has 0 aliphatic heterocycles. The first-order chi connectivity index (χ1) is 23.7. The highest BCUT2D eigenvalue weighted by atomic mass is 16.3. The fourth-order valence-electron chi connectivity index (χ4n) is 6.69. The number of rotatable bonds is 5. The lowest BCUT2D eigenvalue weighted by Crippen LogP contribution is -2.16. The number of benzene rings is 7. The van der Waals surface area contributed by atoms with Crippen molar-refractivity contribution in [3.63, 3.8) is 0 Å². The van der Waals surface area contributed by atoms with Crippen molar-refractivity contribution >= 4 is 66.3 Å². The Morgan fingerprint density at radius 2 is 1.17 bits per heavy atom. The van der Waals surface area contributed by atoms with Gasteiger partial charge in [-0.15, -0.1) is 0 Å². The van der Waals surface area contributed by atoms with E-state index < -0.39 is 0 Å². The van der Waals surface area contributed by atoms with Crippen molar-refractivity contribution in [2.75, 3.05) is 0 Å². The largest absolute Gasteiger partial charge is 0.456 e. The first kappa shape index (κ1) is 27.8. The van der Waals surface area contributed by atoms with Crippen molar-refractivity contribution in [3.05, 3.63) is 168 Å². The van der Waals surface area contributed by atoms with Crippen molar-refractivity contribution < 1.29 is 8.83 Å². The molecular weight excluding hydrogens is 590 g/mol. The van der Waals surface area contributed by atoms with Crippen LogP contribution in [0.5, 0.6) is 0 Å². The Morgan fingerprint density at radius 1 is 0.521 bits per heavy atom. The molecular formula is C43H29N3O2. The molecule has 5 heteroatoms. The molecule has 228 valence electrons. The SMILES string of the molecule is N/C(=N\C(=N/Cc1cccc2oc3ccccc3c12)c1ccccc1)c1ccc2ccc(-c3cccc4oc5ccccc5c34)cc2c1. The topological polar surface area (TPSA) is 77.0 Å². The van der Waals surface area contributed by atoms with E-state index in [1.165, 1.54) is 0 Å². The summed E-state index contributed by atoms with van der Waals surface area (Å²) in [4.78, 5) is 9.96. The summed E-state index contributed by atoms with van der Waals surface area (Å²) >= 11 is 0. The van der Waals surface area contributed by atoms with Crippen molar-refractivity contribution in [1.29, 1.82) is 0 Å². The first-order valence-electron chi connectivity index (χ1n) is 16.0. The third-order valence-electron chi connectivity index (χ3n) is 9.00. The molecule has 5 nitrogen and oxygen atoms in total. The molecule has 0 fully saturated rings. The normalized spacial score (nSPS) is 12.6. The smallest absolute Gasteiger partial charge is 0.157 e. The van der Waals surface area contributed by atoms with Gasteiger partial charge < -0.3 is 14.6 Å². The number of amidine groups is 2. The molecule has 0 amide bonds. The second-order valence-corrected chi connectivity index (χ2v) is 11.9. The summed E-state index contributed by atoms with van der Waals surface area (Å²) in [5.41, 5.74) is 15.3. The number of furan rings is 2. The zero-order chi connectivity index (χ0) is 32.0. The number of aliphatic imine (C=N–C) groups is 2. The summed E-state index contributed by atoms with van der Waals surface area (Å²) in [5, 5.41) is 6.58. The Kier molecular flexibility index (Phi) is 6.61. The van der Waals surface area contributed by atoms with Crippen molar-refractivity contribution in [3.8, 4) is 11.1 Å². The van der Waals surface area contributed by atoms with E-state index in [0.29, 0.717) is 18.2 Å². The van der Waals surface area contributed by atoms with Crippen molar-refractivity contribution in [2.24, 2.45) is 15.7 Å². The van der Waals surface area contributed by atoms with Gasteiger partial charge in [-0.3, -0.25) is 4.99 Å². The summed E-state index contributed by atoms with van der Waals surface area (Å²) in [5.74, 6) is 0.977. The Hall–Kier alpha value is -6.46. The standard InChI is InChI=1S/C43H29N3O2/c44-42(46-43(28-10-2-1-3-11-28)45-26-31-12-8-18-38-40(31)34-13-4-6-16-36(34)47-38)30-23-21-27-20-22-29(24-32(27)25-30)33-15-9-19-39-41(33)35-14-5-7-17-37(35)48-39/h1-25H,26H2,(H2,44,45,46). The van der Waals surface area contributed by atoms with Gasteiger partial charge in [0.25, 0.3) is 0 Å². The zero-order valence-corrected chi connectivity index (χ0v) is 25.9. The summed E-state index contributed by atoms with van der Waals surface area (Å²) in [6.07, 6.45) is 0. The van der Waals surface area contributed by atoms with E-state index in [-0.39, 0.29) is 0 Å². The van der Waals surface area contributed by atoms with E-state index in [1.54, 1.807) is 0 Å². The van der Waals surface area contributed by atoms with E-state index in [1.807, 2.05) is 91.0 Å². The molecule has 0 radical (unpaired) electrons. The highest BCUT2D eigenvalue weighted by Crippen LogP contribution is 2.37.